The van der Waals surface area contributed by atoms with Gasteiger partial charge >= 0.3 is 0 Å². The largest absolute Gasteiger partial charge is 0.344 e. The Hall–Kier alpha value is -1.62. The first kappa shape index (κ1) is 12.8. The molecule has 18 heavy (non-hydrogen) atoms. The minimum Gasteiger partial charge on any atom is -0.344 e. The molecule has 2 N–H and O–H groups in total. The molecule has 0 saturated heterocycles. The van der Waals surface area contributed by atoms with Gasteiger partial charge in [-0.3, -0.25) is 0 Å². The summed E-state index contributed by atoms with van der Waals surface area (Å²) in [7, 11) is 1.97. The quantitative estimate of drug-likeness (QED) is 0.772. The number of aromatic amines is 1. The van der Waals surface area contributed by atoms with Gasteiger partial charge in [-0.05, 0) is 31.2 Å². The Morgan fingerprint density at radius 1 is 1.39 bits per heavy atom. The third-order valence-corrected chi connectivity index (χ3v) is 2.84. The molecule has 0 unspecified atom stereocenters. The van der Waals surface area contributed by atoms with Crippen molar-refractivity contribution in [1.29, 1.82) is 0 Å². The van der Waals surface area contributed by atoms with Gasteiger partial charge < -0.3 is 15.2 Å². The Kier molecular flexibility index (Phi) is 4.15. The number of benzene rings is 1. The van der Waals surface area contributed by atoms with Crippen LogP contribution in [-0.2, 0) is 0 Å². The highest BCUT2D eigenvalue weighted by molar-refractivity contribution is 5.77. The molecule has 0 aliphatic carbocycles. The van der Waals surface area contributed by atoms with Crippen molar-refractivity contribution in [1.82, 2.24) is 15.3 Å². The third kappa shape index (κ3) is 2.98. The number of hydrogen-bond acceptors (Lipinski definition) is 3. The molecule has 2 rings (SSSR count). The van der Waals surface area contributed by atoms with Crippen LogP contribution in [0.15, 0.2) is 18.2 Å². The fourth-order valence-electron chi connectivity index (χ4n) is 1.80. The van der Waals surface area contributed by atoms with Crippen LogP contribution in [0.2, 0.25) is 0 Å². The molecule has 1 aromatic carbocycles. The lowest BCUT2D eigenvalue weighted by atomic mass is 10.3. The van der Waals surface area contributed by atoms with E-state index in [0.717, 1.165) is 43.0 Å². The number of likely N-dealkylation sites (N-methyl/N-ethyl adjacent to an activating group) is 1. The van der Waals surface area contributed by atoms with E-state index in [-0.39, 0.29) is 5.82 Å². The number of fused-ring (bicyclic) bond motifs is 1. The molecule has 0 bridgehead atoms. The average Bonchev–Trinajstić information content (AvgIpc) is 2.77. The Morgan fingerprint density at radius 3 is 3.00 bits per heavy atom. The van der Waals surface area contributed by atoms with Crippen LogP contribution in [0.5, 0.6) is 0 Å². The zero-order chi connectivity index (χ0) is 13.0. The first-order chi connectivity index (χ1) is 8.70. The molecule has 0 radical (unpaired) electrons. The number of H-pyrrole nitrogens is 1. The van der Waals surface area contributed by atoms with Crippen LogP contribution in [0.25, 0.3) is 11.0 Å². The summed E-state index contributed by atoms with van der Waals surface area (Å²) in [6.45, 7) is 4.95. The topological polar surface area (TPSA) is 44.0 Å². The van der Waals surface area contributed by atoms with Crippen LogP contribution >= 0.6 is 0 Å². The summed E-state index contributed by atoms with van der Waals surface area (Å²) in [5.74, 6) is 0.527. The number of imidazole rings is 1. The van der Waals surface area contributed by atoms with Gasteiger partial charge in [0.25, 0.3) is 0 Å². The van der Waals surface area contributed by atoms with Crippen LogP contribution in [0, 0.1) is 5.82 Å². The molecule has 1 aromatic heterocycles. The summed E-state index contributed by atoms with van der Waals surface area (Å²) < 4.78 is 13.1. The van der Waals surface area contributed by atoms with Crippen molar-refractivity contribution in [3.63, 3.8) is 0 Å². The van der Waals surface area contributed by atoms with Gasteiger partial charge in [-0.15, -0.1) is 0 Å². The highest BCUT2D eigenvalue weighted by atomic mass is 19.1. The van der Waals surface area contributed by atoms with Crippen molar-refractivity contribution in [2.24, 2.45) is 0 Å². The van der Waals surface area contributed by atoms with Crippen LogP contribution < -0.4 is 10.2 Å². The fraction of sp³-hybridized carbons (Fsp3) is 0.462. The number of nitrogens with one attached hydrogen (secondary N) is 2. The maximum absolute atomic E-state index is 13.1. The highest BCUT2D eigenvalue weighted by Crippen LogP contribution is 2.17. The van der Waals surface area contributed by atoms with Crippen molar-refractivity contribution in [3.8, 4) is 0 Å². The molecular weight excluding hydrogens is 231 g/mol. The van der Waals surface area contributed by atoms with Crippen LogP contribution in [0.3, 0.4) is 0 Å². The molecule has 0 amide bonds. The monoisotopic (exact) mass is 250 g/mol. The van der Waals surface area contributed by atoms with E-state index in [2.05, 4.69) is 22.2 Å². The summed E-state index contributed by atoms with van der Waals surface area (Å²) >= 11 is 0. The minimum atomic E-state index is -0.245. The Balaban J connectivity index is 2.01. The van der Waals surface area contributed by atoms with Crippen LogP contribution in [-0.4, -0.2) is 36.6 Å². The van der Waals surface area contributed by atoms with Crippen LogP contribution in [0.4, 0.5) is 10.3 Å². The second-order valence-electron chi connectivity index (χ2n) is 4.39. The van der Waals surface area contributed by atoms with E-state index in [1.54, 1.807) is 6.07 Å². The number of nitrogens with zero attached hydrogens (tertiary/aromatic N) is 2. The molecule has 1 heterocycles. The van der Waals surface area contributed by atoms with E-state index in [0.29, 0.717) is 0 Å². The highest BCUT2D eigenvalue weighted by Gasteiger charge is 2.07. The van der Waals surface area contributed by atoms with Gasteiger partial charge in [-0.25, -0.2) is 9.37 Å². The van der Waals surface area contributed by atoms with Crippen molar-refractivity contribution in [3.05, 3.63) is 24.0 Å². The molecule has 98 valence electrons. The molecule has 0 atom stereocenters. The number of aromatic nitrogens is 2. The summed E-state index contributed by atoms with van der Waals surface area (Å²) in [4.78, 5) is 9.58. The Bertz CT molecular complexity index is 509. The second-order valence-corrected chi connectivity index (χ2v) is 4.39. The smallest absolute Gasteiger partial charge is 0.203 e. The van der Waals surface area contributed by atoms with E-state index in [4.69, 9.17) is 0 Å². The molecule has 4 nitrogen and oxygen atoms in total. The molecular formula is C13H19FN4. The maximum atomic E-state index is 13.1. The maximum Gasteiger partial charge on any atom is 0.203 e. The molecule has 0 aliphatic heterocycles. The first-order valence-corrected chi connectivity index (χ1v) is 6.28. The minimum absolute atomic E-state index is 0.245. The lowest BCUT2D eigenvalue weighted by Crippen LogP contribution is -2.30. The predicted molar refractivity (Wildman–Crippen MR) is 72.5 cm³/mol. The lowest BCUT2D eigenvalue weighted by Gasteiger charge is -2.15. The van der Waals surface area contributed by atoms with E-state index < -0.39 is 0 Å². The summed E-state index contributed by atoms with van der Waals surface area (Å²) in [6, 6.07) is 4.58. The van der Waals surface area contributed by atoms with Crippen molar-refractivity contribution < 1.29 is 4.39 Å². The average molecular weight is 250 g/mol. The molecule has 2 aromatic rings. The van der Waals surface area contributed by atoms with Gasteiger partial charge in [-0.1, -0.05) is 6.92 Å². The van der Waals surface area contributed by atoms with E-state index in [1.165, 1.54) is 12.1 Å². The molecule has 0 aliphatic rings. The van der Waals surface area contributed by atoms with E-state index >= 15 is 0 Å². The zero-order valence-electron chi connectivity index (χ0n) is 10.8. The number of hydrogen-bond donors (Lipinski definition) is 2. The predicted octanol–water partition coefficient (Wildman–Crippen LogP) is 2.14. The summed E-state index contributed by atoms with van der Waals surface area (Å²) in [5.41, 5.74) is 1.53. The van der Waals surface area contributed by atoms with Crippen molar-refractivity contribution >= 4 is 17.0 Å². The first-order valence-electron chi connectivity index (χ1n) is 6.28. The normalized spacial score (nSPS) is 11.1. The third-order valence-electron chi connectivity index (χ3n) is 2.84. The fourth-order valence-corrected chi connectivity index (χ4v) is 1.80. The summed E-state index contributed by atoms with van der Waals surface area (Å²) in [5, 5.41) is 3.34. The number of rotatable bonds is 6. The van der Waals surface area contributed by atoms with Gasteiger partial charge in [0.05, 0.1) is 11.0 Å². The lowest BCUT2D eigenvalue weighted by molar-refractivity contribution is 0.629. The number of halogens is 1. The van der Waals surface area contributed by atoms with Crippen molar-refractivity contribution in [2.75, 3.05) is 31.6 Å². The van der Waals surface area contributed by atoms with Gasteiger partial charge in [0.1, 0.15) is 5.82 Å². The van der Waals surface area contributed by atoms with Gasteiger partial charge in [-0.2, -0.15) is 0 Å². The molecule has 0 spiro atoms. The van der Waals surface area contributed by atoms with Crippen molar-refractivity contribution in [2.45, 2.75) is 13.3 Å². The Morgan fingerprint density at radius 2 is 2.22 bits per heavy atom. The van der Waals surface area contributed by atoms with Crippen LogP contribution in [0.1, 0.15) is 13.3 Å². The number of anilines is 1. The van der Waals surface area contributed by atoms with E-state index in [1.807, 2.05) is 11.9 Å². The van der Waals surface area contributed by atoms with Gasteiger partial charge in [0.2, 0.25) is 5.95 Å². The molecule has 5 heteroatoms. The van der Waals surface area contributed by atoms with Gasteiger partial charge in [0, 0.05) is 20.1 Å². The standard InChI is InChI=1S/C13H19FN4/c1-3-6-15-7-8-18(2)13-16-11-5-4-10(14)9-12(11)17-13/h4-5,9,15H,3,6-8H2,1-2H3,(H,16,17). The van der Waals surface area contributed by atoms with Gasteiger partial charge in [0.15, 0.2) is 0 Å². The Labute approximate surface area is 106 Å². The van der Waals surface area contributed by atoms with E-state index in [9.17, 15) is 4.39 Å². The zero-order valence-corrected chi connectivity index (χ0v) is 10.8. The molecule has 0 fully saturated rings. The second kappa shape index (κ2) is 5.82. The summed E-state index contributed by atoms with van der Waals surface area (Å²) in [6.07, 6.45) is 1.13. The SMILES string of the molecule is CCCNCCN(C)c1nc2ccc(F)cc2[nH]1. The molecule has 0 saturated carbocycles.